The van der Waals surface area contributed by atoms with Crippen LogP contribution in [0, 0.1) is 12.8 Å². The maximum atomic E-state index is 13.3. The van der Waals surface area contributed by atoms with Gasteiger partial charge >= 0.3 is 0 Å². The number of anilines is 1. The molecule has 2 fully saturated rings. The molecule has 5 rings (SSSR count). The van der Waals surface area contributed by atoms with Crippen molar-refractivity contribution >= 4 is 32.7 Å². The smallest absolute Gasteiger partial charge is 0.245 e. The van der Waals surface area contributed by atoms with Gasteiger partial charge in [-0.15, -0.1) is 0 Å². The lowest BCUT2D eigenvalue weighted by Gasteiger charge is -2.24. The fourth-order valence-corrected chi connectivity index (χ4v) is 7.12. The third-order valence-electron chi connectivity index (χ3n) is 6.83. The lowest BCUT2D eigenvalue weighted by Crippen LogP contribution is -2.42. The van der Waals surface area contributed by atoms with E-state index in [-0.39, 0.29) is 24.1 Å². The summed E-state index contributed by atoms with van der Waals surface area (Å²) in [5.41, 5.74) is 1.98. The first-order valence-electron chi connectivity index (χ1n) is 11.6. The third kappa shape index (κ3) is 3.79. The average Bonchev–Trinajstić information content (AvgIpc) is 3.50. The van der Waals surface area contributed by atoms with Crippen LogP contribution >= 0.6 is 0 Å². The van der Waals surface area contributed by atoms with Crippen molar-refractivity contribution in [1.82, 2.24) is 34.4 Å². The number of rotatable bonds is 6. The van der Waals surface area contributed by atoms with E-state index in [1.165, 1.54) is 6.33 Å². The van der Waals surface area contributed by atoms with Crippen LogP contribution in [0.25, 0.3) is 22.6 Å². The monoisotopic (exact) mass is 484 g/mol. The maximum Gasteiger partial charge on any atom is 0.245 e. The van der Waals surface area contributed by atoms with Crippen LogP contribution in [0.15, 0.2) is 18.7 Å². The van der Waals surface area contributed by atoms with Crippen molar-refractivity contribution in [1.29, 1.82) is 0 Å². The van der Waals surface area contributed by atoms with Crippen molar-refractivity contribution in [2.45, 2.75) is 51.4 Å². The number of amides is 1. The first kappa shape index (κ1) is 22.6. The zero-order valence-corrected chi connectivity index (χ0v) is 20.3. The highest BCUT2D eigenvalue weighted by Crippen LogP contribution is 2.34. The summed E-state index contributed by atoms with van der Waals surface area (Å²) < 4.78 is 26.6. The van der Waals surface area contributed by atoms with E-state index < -0.39 is 21.1 Å². The van der Waals surface area contributed by atoms with Gasteiger partial charge in [0, 0.05) is 32.0 Å². The molecule has 1 amide bonds. The second-order valence-electron chi connectivity index (χ2n) is 8.90. The quantitative estimate of drug-likeness (QED) is 0.551. The van der Waals surface area contributed by atoms with Gasteiger partial charge in [0.25, 0.3) is 0 Å². The number of nitrogens with zero attached hydrogens (tertiary/aromatic N) is 7. The molecule has 2 saturated heterocycles. The van der Waals surface area contributed by atoms with Crippen LogP contribution in [-0.4, -0.2) is 78.8 Å². The molecule has 0 radical (unpaired) electrons. The van der Waals surface area contributed by atoms with E-state index in [9.17, 15) is 13.2 Å². The molecule has 34 heavy (non-hydrogen) atoms. The number of sulfone groups is 1. The minimum atomic E-state index is -3.10. The largest absolute Gasteiger partial charge is 0.356 e. The molecule has 0 aliphatic carbocycles. The molecular weight excluding hydrogens is 456 g/mol. The molecule has 0 spiro atoms. The van der Waals surface area contributed by atoms with E-state index in [1.54, 1.807) is 17.3 Å². The standard InChI is InChI=1S/C22H28N8O3S/c1-4-16(22(31)29-10-14-6-7-34(32,33)17(14)11-29)27-19-18-21(26-12-25-19)30(5-2)20(28-18)15-8-23-13(3)24-9-15/h8-9,12,14,16-17H,4-7,10-11H2,1-3H3,(H,25,26,27)/t14-,16+,17+/m0/s1. The number of hydrogen-bond acceptors (Lipinski definition) is 9. The van der Waals surface area contributed by atoms with Gasteiger partial charge < -0.3 is 14.8 Å². The number of nitrogens with one attached hydrogen (secondary N) is 1. The van der Waals surface area contributed by atoms with E-state index in [0.717, 1.165) is 5.56 Å². The Bertz CT molecular complexity index is 1340. The number of likely N-dealkylation sites (tertiary alicyclic amines) is 1. The lowest BCUT2D eigenvalue weighted by molar-refractivity contribution is -0.131. The molecule has 2 aliphatic rings. The SMILES string of the molecule is CC[C@@H](Nc1ncnc2c1nc(-c1cnc(C)nc1)n2CC)C(=O)N1C[C@@H]2CCS(=O)(=O)[C@@H]2C1. The highest BCUT2D eigenvalue weighted by molar-refractivity contribution is 7.92. The van der Waals surface area contributed by atoms with E-state index in [2.05, 4.69) is 25.3 Å². The van der Waals surface area contributed by atoms with Crippen LogP contribution in [0.4, 0.5) is 5.82 Å². The summed E-state index contributed by atoms with van der Waals surface area (Å²) in [6.07, 6.45) is 6.07. The van der Waals surface area contributed by atoms with Crippen molar-refractivity contribution in [3.05, 3.63) is 24.5 Å². The number of hydrogen-bond donors (Lipinski definition) is 1. The van der Waals surface area contributed by atoms with Crippen molar-refractivity contribution in [2.24, 2.45) is 5.92 Å². The van der Waals surface area contributed by atoms with E-state index in [1.807, 2.05) is 25.3 Å². The van der Waals surface area contributed by atoms with Crippen LogP contribution in [-0.2, 0) is 21.2 Å². The molecule has 0 saturated carbocycles. The highest BCUT2D eigenvalue weighted by atomic mass is 32.2. The summed E-state index contributed by atoms with van der Waals surface area (Å²) in [4.78, 5) is 37.2. The molecule has 11 nitrogen and oxygen atoms in total. The summed E-state index contributed by atoms with van der Waals surface area (Å²) in [5, 5.41) is 2.83. The average molecular weight is 485 g/mol. The van der Waals surface area contributed by atoms with E-state index in [0.29, 0.717) is 54.6 Å². The van der Waals surface area contributed by atoms with Crippen LogP contribution in [0.3, 0.4) is 0 Å². The van der Waals surface area contributed by atoms with Gasteiger partial charge in [-0.2, -0.15) is 0 Å². The van der Waals surface area contributed by atoms with Gasteiger partial charge in [-0.05, 0) is 32.6 Å². The zero-order chi connectivity index (χ0) is 24.0. The molecule has 3 aromatic heterocycles. The summed E-state index contributed by atoms with van der Waals surface area (Å²) in [5.74, 6) is 1.98. The summed E-state index contributed by atoms with van der Waals surface area (Å²) in [7, 11) is -3.10. The molecule has 3 atom stereocenters. The van der Waals surface area contributed by atoms with Gasteiger partial charge in [0.1, 0.15) is 24.0 Å². The van der Waals surface area contributed by atoms with E-state index >= 15 is 0 Å². The summed E-state index contributed by atoms with van der Waals surface area (Å²) in [6, 6.07) is -0.544. The van der Waals surface area contributed by atoms with Gasteiger partial charge in [0.2, 0.25) is 5.91 Å². The summed E-state index contributed by atoms with van der Waals surface area (Å²) >= 11 is 0. The molecule has 2 aliphatic heterocycles. The van der Waals surface area contributed by atoms with Crippen LogP contribution in [0.1, 0.15) is 32.5 Å². The Kier molecular flexibility index (Phi) is 5.70. The van der Waals surface area contributed by atoms with Crippen molar-refractivity contribution < 1.29 is 13.2 Å². The number of imidazole rings is 1. The second kappa shape index (κ2) is 8.57. The first-order chi connectivity index (χ1) is 16.3. The predicted molar refractivity (Wildman–Crippen MR) is 127 cm³/mol. The van der Waals surface area contributed by atoms with Gasteiger partial charge in [0.05, 0.1) is 16.6 Å². The molecule has 12 heteroatoms. The Morgan fingerprint density at radius 1 is 1.18 bits per heavy atom. The molecule has 0 aromatic carbocycles. The fraction of sp³-hybridized carbons (Fsp3) is 0.545. The Balaban J connectivity index is 1.43. The lowest BCUT2D eigenvalue weighted by atomic mass is 10.1. The zero-order valence-electron chi connectivity index (χ0n) is 19.5. The van der Waals surface area contributed by atoms with Crippen molar-refractivity contribution in [2.75, 3.05) is 24.2 Å². The van der Waals surface area contributed by atoms with Crippen molar-refractivity contribution in [3.63, 3.8) is 0 Å². The fourth-order valence-electron chi connectivity index (χ4n) is 4.97. The molecule has 1 N–H and O–H groups in total. The molecule has 5 heterocycles. The molecule has 180 valence electrons. The van der Waals surface area contributed by atoms with Crippen LogP contribution in [0.5, 0.6) is 0 Å². The Labute approximate surface area is 198 Å². The van der Waals surface area contributed by atoms with Crippen LogP contribution in [0.2, 0.25) is 0 Å². The van der Waals surface area contributed by atoms with Gasteiger partial charge in [-0.1, -0.05) is 6.92 Å². The topological polar surface area (TPSA) is 136 Å². The number of aryl methyl sites for hydroxylation is 2. The predicted octanol–water partition coefficient (Wildman–Crippen LogP) is 1.45. The number of carbonyl (C=O) groups is 1. The molecule has 0 unspecified atom stereocenters. The summed E-state index contributed by atoms with van der Waals surface area (Å²) in [6.45, 7) is 7.14. The first-order valence-corrected chi connectivity index (χ1v) is 13.3. The van der Waals surface area contributed by atoms with Gasteiger partial charge in [0.15, 0.2) is 26.8 Å². The molecule has 3 aromatic rings. The Morgan fingerprint density at radius 3 is 2.62 bits per heavy atom. The Hall–Kier alpha value is -3.15. The minimum Gasteiger partial charge on any atom is -0.356 e. The Morgan fingerprint density at radius 2 is 1.94 bits per heavy atom. The highest BCUT2D eigenvalue weighted by Gasteiger charge is 2.48. The van der Waals surface area contributed by atoms with Crippen LogP contribution < -0.4 is 5.32 Å². The van der Waals surface area contributed by atoms with Crippen molar-refractivity contribution in [3.8, 4) is 11.4 Å². The maximum absolute atomic E-state index is 13.3. The van der Waals surface area contributed by atoms with Gasteiger partial charge in [-0.3, -0.25) is 4.79 Å². The molecule has 0 bridgehead atoms. The number of carbonyl (C=O) groups excluding carboxylic acids is 1. The normalized spacial score (nSPS) is 22.1. The number of fused-ring (bicyclic) bond motifs is 2. The third-order valence-corrected chi connectivity index (χ3v) is 9.09. The number of aromatic nitrogens is 6. The van der Waals surface area contributed by atoms with E-state index in [4.69, 9.17) is 4.98 Å². The second-order valence-corrected chi connectivity index (χ2v) is 11.2. The molecular formula is C22H28N8O3S. The minimum absolute atomic E-state index is 0.0387. The van der Waals surface area contributed by atoms with Gasteiger partial charge in [-0.25, -0.2) is 33.3 Å².